The Morgan fingerprint density at radius 3 is 2.54 bits per heavy atom. The van der Waals surface area contributed by atoms with Gasteiger partial charge in [0.25, 0.3) is 5.91 Å². The van der Waals surface area contributed by atoms with Gasteiger partial charge in [-0.2, -0.15) is 5.10 Å². The highest BCUT2D eigenvalue weighted by Gasteiger charge is 2.25. The molecule has 0 radical (unpaired) electrons. The van der Waals surface area contributed by atoms with E-state index in [0.29, 0.717) is 55.6 Å². The van der Waals surface area contributed by atoms with Crippen LogP contribution in [0.1, 0.15) is 26.4 Å². The molecule has 0 atom stereocenters. The van der Waals surface area contributed by atoms with E-state index in [1.54, 1.807) is 47.4 Å². The summed E-state index contributed by atoms with van der Waals surface area (Å²) in [5, 5.41) is 5.35. The number of amides is 1. The van der Waals surface area contributed by atoms with E-state index in [-0.39, 0.29) is 40.6 Å². The molecule has 13 heteroatoms. The molecule has 2 aromatic heterocycles. The fraction of sp³-hybridized carbons (Fsp3) is 0.286. The zero-order chi connectivity index (χ0) is 34.0. The van der Waals surface area contributed by atoms with E-state index in [9.17, 15) is 14.0 Å². The molecule has 0 aliphatic carbocycles. The number of anilines is 1. The Balaban J connectivity index is 1.30. The van der Waals surface area contributed by atoms with Gasteiger partial charge >= 0.3 is 0 Å². The third-order valence-electron chi connectivity index (χ3n) is 8.16. The summed E-state index contributed by atoms with van der Waals surface area (Å²) >= 11 is 6.59. The Morgan fingerprint density at radius 2 is 1.81 bits per heavy atom. The number of para-hydroxylation sites is 1. The van der Waals surface area contributed by atoms with Crippen molar-refractivity contribution in [3.05, 3.63) is 101 Å². The molecule has 1 aliphatic heterocycles. The van der Waals surface area contributed by atoms with E-state index in [2.05, 4.69) is 24.7 Å². The number of nitrogen functional groups attached to an aromatic ring is 1. The summed E-state index contributed by atoms with van der Waals surface area (Å²) in [7, 11) is -1.34. The maximum absolute atomic E-state index is 14.2. The molecule has 1 saturated heterocycles. The highest BCUT2D eigenvalue weighted by molar-refractivity contribution is 6.76. The highest BCUT2D eigenvalue weighted by atomic mass is 35.5. The van der Waals surface area contributed by atoms with Crippen molar-refractivity contribution >= 4 is 48.1 Å². The van der Waals surface area contributed by atoms with Gasteiger partial charge in [0.1, 0.15) is 18.3 Å². The van der Waals surface area contributed by atoms with Crippen molar-refractivity contribution in [3.8, 4) is 17.2 Å². The van der Waals surface area contributed by atoms with Crippen LogP contribution in [-0.4, -0.2) is 71.9 Å². The molecule has 48 heavy (non-hydrogen) atoms. The molecule has 250 valence electrons. The topological polar surface area (TPSA) is 114 Å². The summed E-state index contributed by atoms with van der Waals surface area (Å²) in [5.41, 5.74) is 8.75. The van der Waals surface area contributed by atoms with Crippen LogP contribution >= 0.6 is 11.6 Å². The average Bonchev–Trinajstić information content (AvgIpc) is 3.63. The number of carbonyl (C=O) groups excluding carboxylic acids is 2. The van der Waals surface area contributed by atoms with Crippen molar-refractivity contribution in [1.29, 1.82) is 0 Å². The minimum Gasteiger partial charge on any atom is -0.454 e. The number of halogens is 2. The maximum Gasteiger partial charge on any atom is 0.254 e. The lowest BCUT2D eigenvalue weighted by atomic mass is 10.1. The van der Waals surface area contributed by atoms with Gasteiger partial charge in [0.05, 0.1) is 46.9 Å². The van der Waals surface area contributed by atoms with Gasteiger partial charge in [-0.25, -0.2) is 9.07 Å². The summed E-state index contributed by atoms with van der Waals surface area (Å²) in [4.78, 5) is 29.2. The summed E-state index contributed by atoms with van der Waals surface area (Å²) in [6.45, 7) is 9.61. The average molecular weight is 690 g/mol. The Morgan fingerprint density at radius 1 is 1.04 bits per heavy atom. The molecule has 1 aliphatic rings. The number of ketones is 1. The number of rotatable bonds is 11. The number of ether oxygens (including phenoxy) is 3. The van der Waals surface area contributed by atoms with Crippen LogP contribution in [0.4, 0.5) is 10.2 Å². The zero-order valence-corrected chi connectivity index (χ0v) is 28.8. The zero-order valence-electron chi connectivity index (χ0n) is 27.0. The molecule has 3 heterocycles. The number of nitrogens with two attached hydrogens (primary N) is 1. The molecule has 1 amide bonds. The van der Waals surface area contributed by atoms with Gasteiger partial charge in [-0.15, -0.1) is 0 Å². The van der Waals surface area contributed by atoms with E-state index < -0.39 is 13.9 Å². The quantitative estimate of drug-likeness (QED) is 0.0902. The van der Waals surface area contributed by atoms with Crippen LogP contribution < -0.4 is 10.5 Å². The predicted octanol–water partition coefficient (Wildman–Crippen LogP) is 7.01. The van der Waals surface area contributed by atoms with Crippen LogP contribution in [0.5, 0.6) is 11.5 Å². The second kappa shape index (κ2) is 13.9. The number of hydrogen-bond acceptors (Lipinski definition) is 7. The Kier molecular flexibility index (Phi) is 9.70. The van der Waals surface area contributed by atoms with Crippen molar-refractivity contribution in [2.45, 2.75) is 32.4 Å². The number of aromatic nitrogens is 3. The number of carbonyl (C=O) groups is 2. The van der Waals surface area contributed by atoms with Crippen LogP contribution in [0.3, 0.4) is 0 Å². The molecule has 0 spiro atoms. The summed E-state index contributed by atoms with van der Waals surface area (Å²) in [6.07, 6.45) is 1.40. The van der Waals surface area contributed by atoms with Crippen LogP contribution in [-0.2, 0) is 16.2 Å². The normalized spacial score (nSPS) is 13.6. The molecule has 0 bridgehead atoms. The second-order valence-electron chi connectivity index (χ2n) is 12.8. The van der Waals surface area contributed by atoms with Gasteiger partial charge in [-0.3, -0.25) is 9.59 Å². The second-order valence-corrected chi connectivity index (χ2v) is 18.8. The SMILES string of the molecule is C[Si](C)(C)CCOCn1c(C(=O)c2cnn(-c3ccc(Oc4ccccc4F)cc3Cl)c2N)cc2cc(C(=O)N3CCOCC3)ccc21. The lowest BCUT2D eigenvalue weighted by Gasteiger charge is -2.26. The minimum absolute atomic E-state index is 0.0604. The third-order valence-corrected chi connectivity index (χ3v) is 10.2. The van der Waals surface area contributed by atoms with E-state index in [1.807, 2.05) is 10.6 Å². The van der Waals surface area contributed by atoms with E-state index in [4.69, 9.17) is 31.5 Å². The Labute approximate surface area is 283 Å². The fourth-order valence-electron chi connectivity index (χ4n) is 5.45. The molecule has 6 rings (SSSR count). The van der Waals surface area contributed by atoms with E-state index >= 15 is 0 Å². The first kappa shape index (κ1) is 33.4. The number of benzene rings is 3. The van der Waals surface area contributed by atoms with Gasteiger partial charge < -0.3 is 29.4 Å². The van der Waals surface area contributed by atoms with Gasteiger partial charge in [0.15, 0.2) is 11.6 Å². The van der Waals surface area contributed by atoms with E-state index in [0.717, 1.165) is 16.9 Å². The molecule has 1 fully saturated rings. The van der Waals surface area contributed by atoms with Crippen LogP contribution in [0.2, 0.25) is 30.7 Å². The van der Waals surface area contributed by atoms with Gasteiger partial charge in [-0.05, 0) is 54.6 Å². The first-order valence-electron chi connectivity index (χ1n) is 15.7. The number of fused-ring (bicyclic) bond motifs is 1. The highest BCUT2D eigenvalue weighted by Crippen LogP contribution is 2.32. The number of hydrogen-bond donors (Lipinski definition) is 1. The smallest absolute Gasteiger partial charge is 0.254 e. The van der Waals surface area contributed by atoms with Crippen LogP contribution in [0.15, 0.2) is 72.9 Å². The standard InChI is InChI=1S/C35H37ClFN5O5Si/c1-48(2,3)17-16-46-22-41-29-10-8-23(35(44)40-12-14-45-15-13-40)18-24(29)19-31(41)33(43)26-21-39-42(34(26)38)30-11-9-25(20-27(30)36)47-32-7-5-4-6-28(32)37/h4-11,18-21H,12-17,22,38H2,1-3H3. The molecule has 5 aromatic rings. The van der Waals surface area contributed by atoms with E-state index in [1.165, 1.54) is 29.1 Å². The minimum atomic E-state index is -1.34. The first-order chi connectivity index (χ1) is 23.0. The fourth-order valence-corrected chi connectivity index (χ4v) is 6.46. The summed E-state index contributed by atoms with van der Waals surface area (Å²) in [6, 6.07) is 19.0. The van der Waals surface area contributed by atoms with Gasteiger partial charge in [0, 0.05) is 44.8 Å². The van der Waals surface area contributed by atoms with Crippen molar-refractivity contribution in [1.82, 2.24) is 19.2 Å². The lowest BCUT2D eigenvalue weighted by Crippen LogP contribution is -2.40. The molecule has 3 aromatic carbocycles. The molecule has 10 nitrogen and oxygen atoms in total. The lowest BCUT2D eigenvalue weighted by molar-refractivity contribution is 0.0303. The van der Waals surface area contributed by atoms with Crippen molar-refractivity contribution < 1.29 is 28.2 Å². The monoisotopic (exact) mass is 689 g/mol. The molecule has 0 unspecified atom stereocenters. The molecule has 0 saturated carbocycles. The maximum atomic E-state index is 14.2. The molecular weight excluding hydrogens is 653 g/mol. The third kappa shape index (κ3) is 7.16. The Bertz CT molecular complexity index is 1980. The predicted molar refractivity (Wildman–Crippen MR) is 186 cm³/mol. The van der Waals surface area contributed by atoms with Crippen molar-refractivity contribution in [2.24, 2.45) is 0 Å². The van der Waals surface area contributed by atoms with Crippen molar-refractivity contribution in [3.63, 3.8) is 0 Å². The molecule has 2 N–H and O–H groups in total. The Hall–Kier alpha value is -4.49. The van der Waals surface area contributed by atoms with Crippen LogP contribution in [0, 0.1) is 5.82 Å². The number of nitrogens with zero attached hydrogens (tertiary/aromatic N) is 4. The summed E-state index contributed by atoms with van der Waals surface area (Å²) in [5.74, 6) is -0.480. The van der Waals surface area contributed by atoms with Gasteiger partial charge in [0.2, 0.25) is 5.78 Å². The first-order valence-corrected chi connectivity index (χ1v) is 19.8. The molecular formula is C35H37ClFN5O5Si. The summed E-state index contributed by atoms with van der Waals surface area (Å²) < 4.78 is 34.4. The van der Waals surface area contributed by atoms with Crippen molar-refractivity contribution in [2.75, 3.05) is 38.6 Å². The van der Waals surface area contributed by atoms with Gasteiger partial charge in [-0.1, -0.05) is 43.4 Å². The number of morpholine rings is 1. The van der Waals surface area contributed by atoms with Crippen LogP contribution in [0.25, 0.3) is 16.6 Å². The largest absolute Gasteiger partial charge is 0.454 e.